The third-order valence-corrected chi connectivity index (χ3v) is 3.23. The van der Waals surface area contributed by atoms with E-state index in [2.05, 4.69) is 15.1 Å². The molecule has 0 unspecified atom stereocenters. The molecule has 2 heterocycles. The highest BCUT2D eigenvalue weighted by molar-refractivity contribution is 7.98. The van der Waals surface area contributed by atoms with Gasteiger partial charge in [-0.15, -0.1) is 0 Å². The van der Waals surface area contributed by atoms with E-state index in [1.54, 1.807) is 0 Å². The summed E-state index contributed by atoms with van der Waals surface area (Å²) in [5.41, 5.74) is -1.11. The quantitative estimate of drug-likeness (QED) is 0.855. The maximum Gasteiger partial charge on any atom is 0.417 e. The molecule has 0 aliphatic carbocycles. The van der Waals surface area contributed by atoms with Gasteiger partial charge in [0.25, 0.3) is 5.89 Å². The van der Waals surface area contributed by atoms with E-state index in [1.807, 2.05) is 0 Å². The van der Waals surface area contributed by atoms with E-state index in [1.165, 1.54) is 11.8 Å². The first-order valence-corrected chi connectivity index (χ1v) is 6.70. The highest BCUT2D eigenvalue weighted by Crippen LogP contribution is 2.35. The molecule has 0 spiro atoms. The van der Waals surface area contributed by atoms with Crippen LogP contribution in [0.15, 0.2) is 23.0 Å². The summed E-state index contributed by atoms with van der Waals surface area (Å²) in [6.07, 6.45) is -2.42. The zero-order valence-electron chi connectivity index (χ0n) is 10.1. The van der Waals surface area contributed by atoms with E-state index in [4.69, 9.17) is 9.63 Å². The minimum Gasteiger partial charge on any atom is -0.396 e. The summed E-state index contributed by atoms with van der Waals surface area (Å²) >= 11 is 1.35. The molecular formula is C11H10F3N3O2S. The second kappa shape index (κ2) is 6.23. The van der Waals surface area contributed by atoms with Crippen molar-refractivity contribution >= 4 is 11.8 Å². The van der Waals surface area contributed by atoms with Crippen LogP contribution in [0, 0.1) is 0 Å². The van der Waals surface area contributed by atoms with Gasteiger partial charge in [0.05, 0.1) is 23.5 Å². The van der Waals surface area contributed by atoms with Gasteiger partial charge in [0.2, 0.25) is 0 Å². The minimum absolute atomic E-state index is 0.0101. The smallest absolute Gasteiger partial charge is 0.396 e. The lowest BCUT2D eigenvalue weighted by atomic mass is 10.1. The number of hydrogen-bond acceptors (Lipinski definition) is 6. The van der Waals surface area contributed by atoms with Gasteiger partial charge in [-0.05, 0) is 6.07 Å². The Balaban J connectivity index is 2.24. The van der Waals surface area contributed by atoms with Crippen molar-refractivity contribution in [2.45, 2.75) is 11.9 Å². The van der Waals surface area contributed by atoms with Crippen LogP contribution in [0.4, 0.5) is 13.2 Å². The second-order valence-corrected chi connectivity index (χ2v) is 4.82. The Bertz CT molecular complexity index is 574. The van der Waals surface area contributed by atoms with E-state index < -0.39 is 11.7 Å². The minimum atomic E-state index is -4.52. The maximum absolute atomic E-state index is 12.8. The molecule has 2 aromatic rings. The molecule has 0 saturated heterocycles. The first-order chi connectivity index (χ1) is 9.52. The summed E-state index contributed by atoms with van der Waals surface area (Å²) in [6.45, 7) is 0.0101. The van der Waals surface area contributed by atoms with E-state index in [0.717, 1.165) is 18.5 Å². The van der Waals surface area contributed by atoms with E-state index in [0.29, 0.717) is 11.5 Å². The predicted octanol–water partition coefficient (Wildman–Crippen LogP) is 2.38. The molecule has 108 valence electrons. The van der Waals surface area contributed by atoms with Gasteiger partial charge in [0.1, 0.15) is 0 Å². The fourth-order valence-corrected chi connectivity index (χ4v) is 2.04. The number of aromatic nitrogens is 3. The van der Waals surface area contributed by atoms with Crippen LogP contribution in [0.3, 0.4) is 0 Å². The molecule has 0 aliphatic rings. The molecule has 9 heteroatoms. The molecule has 20 heavy (non-hydrogen) atoms. The molecule has 0 aliphatic heterocycles. The van der Waals surface area contributed by atoms with Crippen molar-refractivity contribution in [1.82, 2.24) is 15.1 Å². The molecular weight excluding hydrogens is 295 g/mol. The van der Waals surface area contributed by atoms with Crippen molar-refractivity contribution in [1.29, 1.82) is 0 Å². The average Bonchev–Trinajstić information content (AvgIpc) is 2.87. The van der Waals surface area contributed by atoms with Crippen molar-refractivity contribution in [3.63, 3.8) is 0 Å². The van der Waals surface area contributed by atoms with Crippen molar-refractivity contribution in [3.8, 4) is 11.5 Å². The molecule has 0 bridgehead atoms. The van der Waals surface area contributed by atoms with Crippen molar-refractivity contribution < 1.29 is 22.8 Å². The number of aliphatic hydroxyl groups is 1. The number of aliphatic hydroxyl groups excluding tert-OH is 1. The number of hydrogen-bond donors (Lipinski definition) is 1. The van der Waals surface area contributed by atoms with E-state index in [-0.39, 0.29) is 23.9 Å². The third kappa shape index (κ3) is 3.48. The van der Waals surface area contributed by atoms with E-state index in [9.17, 15) is 13.2 Å². The van der Waals surface area contributed by atoms with E-state index >= 15 is 0 Å². The highest BCUT2D eigenvalue weighted by atomic mass is 32.2. The number of alkyl halides is 3. The molecule has 2 aromatic heterocycles. The lowest BCUT2D eigenvalue weighted by Gasteiger charge is -2.08. The van der Waals surface area contributed by atoms with Gasteiger partial charge in [0.15, 0.2) is 5.82 Å². The van der Waals surface area contributed by atoms with Gasteiger partial charge in [-0.2, -0.15) is 29.9 Å². The molecule has 5 nitrogen and oxygen atoms in total. The Kier molecular flexibility index (Phi) is 4.61. The van der Waals surface area contributed by atoms with Crippen molar-refractivity contribution in [2.75, 3.05) is 12.4 Å². The normalized spacial score (nSPS) is 11.8. The van der Waals surface area contributed by atoms with Crippen LogP contribution in [-0.4, -0.2) is 32.6 Å². The first kappa shape index (κ1) is 14.8. The number of thioether (sulfide) groups is 1. The van der Waals surface area contributed by atoms with Crippen LogP contribution in [0.5, 0.6) is 0 Å². The summed E-state index contributed by atoms with van der Waals surface area (Å²) < 4.78 is 43.4. The first-order valence-electron chi connectivity index (χ1n) is 5.55. The Morgan fingerprint density at radius 1 is 1.35 bits per heavy atom. The summed E-state index contributed by atoms with van der Waals surface area (Å²) in [7, 11) is 0. The van der Waals surface area contributed by atoms with Crippen molar-refractivity contribution in [3.05, 3.63) is 29.8 Å². The lowest BCUT2D eigenvalue weighted by molar-refractivity contribution is -0.137. The van der Waals surface area contributed by atoms with Crippen LogP contribution in [-0.2, 0) is 11.9 Å². The van der Waals surface area contributed by atoms with Gasteiger partial charge >= 0.3 is 6.18 Å². The van der Waals surface area contributed by atoms with Gasteiger partial charge in [-0.3, -0.25) is 4.98 Å². The molecule has 0 radical (unpaired) electrons. The Morgan fingerprint density at radius 3 is 2.85 bits per heavy atom. The molecule has 0 amide bonds. The van der Waals surface area contributed by atoms with Gasteiger partial charge in [0, 0.05) is 18.1 Å². The lowest BCUT2D eigenvalue weighted by Crippen LogP contribution is -2.07. The van der Waals surface area contributed by atoms with Crippen molar-refractivity contribution in [2.24, 2.45) is 0 Å². The SMILES string of the molecule is OCCSCc1noc(-c2cnccc2C(F)(F)F)n1. The largest absolute Gasteiger partial charge is 0.417 e. The molecule has 2 rings (SSSR count). The number of nitrogens with zero attached hydrogens (tertiary/aromatic N) is 3. The number of pyridine rings is 1. The number of halogens is 3. The van der Waals surface area contributed by atoms with Crippen LogP contribution in [0.1, 0.15) is 11.4 Å². The average molecular weight is 305 g/mol. The molecule has 0 atom stereocenters. The second-order valence-electron chi connectivity index (χ2n) is 3.71. The summed E-state index contributed by atoms with van der Waals surface area (Å²) in [4.78, 5) is 7.56. The summed E-state index contributed by atoms with van der Waals surface area (Å²) in [6, 6.07) is 0.861. The standard InChI is InChI=1S/C11H10F3N3O2S/c12-11(13,14)8-1-2-15-5-7(8)10-16-9(17-19-10)6-20-4-3-18/h1-2,5,18H,3-4,6H2. The Labute approximate surface area is 116 Å². The van der Waals surface area contributed by atoms with Gasteiger partial charge in [-0.25, -0.2) is 0 Å². The zero-order valence-corrected chi connectivity index (χ0v) is 10.9. The molecule has 1 N–H and O–H groups in total. The Hall–Kier alpha value is -1.61. The van der Waals surface area contributed by atoms with Crippen LogP contribution in [0.25, 0.3) is 11.5 Å². The summed E-state index contributed by atoms with van der Waals surface area (Å²) in [5, 5.41) is 12.2. The highest BCUT2D eigenvalue weighted by Gasteiger charge is 2.35. The van der Waals surface area contributed by atoms with Crippen LogP contribution >= 0.6 is 11.8 Å². The maximum atomic E-state index is 12.8. The van der Waals surface area contributed by atoms with Crippen LogP contribution < -0.4 is 0 Å². The molecule has 0 aromatic carbocycles. The van der Waals surface area contributed by atoms with Gasteiger partial charge < -0.3 is 9.63 Å². The van der Waals surface area contributed by atoms with Gasteiger partial charge in [-0.1, -0.05) is 5.16 Å². The summed E-state index contributed by atoms with van der Waals surface area (Å²) in [5.74, 6) is 0.899. The molecule has 0 saturated carbocycles. The zero-order chi connectivity index (χ0) is 14.6. The monoisotopic (exact) mass is 305 g/mol. The number of rotatable bonds is 5. The van der Waals surface area contributed by atoms with Crippen LogP contribution in [0.2, 0.25) is 0 Å². The molecule has 0 fully saturated rings. The predicted molar refractivity (Wildman–Crippen MR) is 65.8 cm³/mol. The topological polar surface area (TPSA) is 72.0 Å². The fraction of sp³-hybridized carbons (Fsp3) is 0.364. The fourth-order valence-electron chi connectivity index (χ4n) is 1.46. The Morgan fingerprint density at radius 2 is 2.15 bits per heavy atom. The third-order valence-electron chi connectivity index (χ3n) is 2.29.